The van der Waals surface area contributed by atoms with Crippen molar-refractivity contribution in [2.24, 2.45) is 0 Å². The zero-order chi connectivity index (χ0) is 27.7. The third-order valence-corrected chi connectivity index (χ3v) is 9.09. The van der Waals surface area contributed by atoms with Gasteiger partial charge in [0.1, 0.15) is 5.82 Å². The summed E-state index contributed by atoms with van der Waals surface area (Å²) in [5.41, 5.74) is 3.30. The number of pyridine rings is 2. The number of fused-ring (bicyclic) bond motifs is 1. The van der Waals surface area contributed by atoms with Gasteiger partial charge in [-0.25, -0.2) is 18.4 Å². The van der Waals surface area contributed by atoms with Gasteiger partial charge >= 0.3 is 0 Å². The lowest BCUT2D eigenvalue weighted by Gasteiger charge is -2.27. The molecule has 1 fully saturated rings. The molecule has 0 radical (unpaired) electrons. The Morgan fingerprint density at radius 2 is 1.80 bits per heavy atom. The molecule has 0 spiro atoms. The molecule has 10 nitrogen and oxygen atoms in total. The first-order valence-corrected chi connectivity index (χ1v) is 14.7. The van der Waals surface area contributed by atoms with E-state index in [1.54, 1.807) is 43.0 Å². The van der Waals surface area contributed by atoms with Crippen LogP contribution in [0.5, 0.6) is 5.88 Å². The van der Waals surface area contributed by atoms with Gasteiger partial charge in [0.05, 0.1) is 46.7 Å². The number of sulfonamides is 1. The quantitative estimate of drug-likeness (QED) is 0.317. The van der Waals surface area contributed by atoms with Crippen molar-refractivity contribution in [1.82, 2.24) is 19.9 Å². The van der Waals surface area contributed by atoms with Crippen LogP contribution in [-0.2, 0) is 33.1 Å². The lowest BCUT2D eigenvalue weighted by atomic mass is 9.79. The fourth-order valence-corrected chi connectivity index (χ4v) is 6.39. The summed E-state index contributed by atoms with van der Waals surface area (Å²) in [6, 6.07) is 14.7. The number of nitrogens with zero attached hydrogens (tertiary/aromatic N) is 4. The molecule has 1 amide bonds. The number of nitrogens with one attached hydrogen (secondary N) is 2. The first kappa shape index (κ1) is 25.9. The average molecular weight is 557 g/mol. The minimum Gasteiger partial charge on any atom is -0.477 e. The second kappa shape index (κ2) is 10.3. The van der Waals surface area contributed by atoms with E-state index in [-0.39, 0.29) is 11.2 Å². The van der Waals surface area contributed by atoms with E-state index in [2.05, 4.69) is 30.0 Å². The maximum absolute atomic E-state index is 14.0. The van der Waals surface area contributed by atoms with Crippen molar-refractivity contribution in [3.63, 3.8) is 0 Å². The van der Waals surface area contributed by atoms with E-state index in [1.807, 2.05) is 37.3 Å². The Balaban J connectivity index is 1.28. The van der Waals surface area contributed by atoms with Gasteiger partial charge in [-0.15, -0.1) is 0 Å². The molecule has 0 atom stereocenters. The van der Waals surface area contributed by atoms with Crippen molar-refractivity contribution in [1.29, 1.82) is 0 Å². The SMILES string of the molecule is CCOc1cncc(-c2ccc(NC(=O)C3(c4cc(NS(=O)(=O)C5CC5)ccn4)Cc4ccccc4C3)nc2)n1. The normalized spacial score (nSPS) is 15.7. The molecule has 0 unspecified atom stereocenters. The van der Waals surface area contributed by atoms with E-state index < -0.39 is 15.4 Å². The molecule has 40 heavy (non-hydrogen) atoms. The largest absolute Gasteiger partial charge is 0.477 e. The maximum atomic E-state index is 14.0. The lowest BCUT2D eigenvalue weighted by Crippen LogP contribution is -2.42. The second-order valence-corrected chi connectivity index (χ2v) is 12.0. The summed E-state index contributed by atoms with van der Waals surface area (Å²) < 4.78 is 33.3. The Morgan fingerprint density at radius 1 is 1.02 bits per heavy atom. The molecular weight excluding hydrogens is 528 g/mol. The highest BCUT2D eigenvalue weighted by Gasteiger charge is 2.47. The highest BCUT2D eigenvalue weighted by Crippen LogP contribution is 2.41. The number of anilines is 2. The van der Waals surface area contributed by atoms with Gasteiger partial charge in [0.2, 0.25) is 21.8 Å². The predicted molar refractivity (Wildman–Crippen MR) is 150 cm³/mol. The van der Waals surface area contributed by atoms with Gasteiger partial charge in [-0.3, -0.25) is 19.5 Å². The Morgan fingerprint density at radius 3 is 2.48 bits per heavy atom. The molecule has 0 bridgehead atoms. The summed E-state index contributed by atoms with van der Waals surface area (Å²) in [6.45, 7) is 2.36. The molecule has 2 N–H and O–H groups in total. The van der Waals surface area contributed by atoms with E-state index in [9.17, 15) is 13.2 Å². The molecule has 0 aliphatic heterocycles. The highest BCUT2D eigenvalue weighted by atomic mass is 32.2. The molecule has 204 valence electrons. The van der Waals surface area contributed by atoms with Crippen LogP contribution in [0.3, 0.4) is 0 Å². The molecule has 2 aliphatic carbocycles. The summed E-state index contributed by atoms with van der Waals surface area (Å²) in [6.07, 6.45) is 8.51. The van der Waals surface area contributed by atoms with Gasteiger partial charge in [0, 0.05) is 18.0 Å². The Hall–Kier alpha value is -4.38. The van der Waals surface area contributed by atoms with Crippen LogP contribution < -0.4 is 14.8 Å². The van der Waals surface area contributed by atoms with Gasteiger partial charge in [-0.05, 0) is 68.0 Å². The molecule has 1 saturated carbocycles. The van der Waals surface area contributed by atoms with Crippen LogP contribution >= 0.6 is 0 Å². The van der Waals surface area contributed by atoms with Crippen LogP contribution in [0.1, 0.15) is 36.6 Å². The van der Waals surface area contributed by atoms with Crippen molar-refractivity contribution in [2.75, 3.05) is 16.6 Å². The summed E-state index contributed by atoms with van der Waals surface area (Å²) in [7, 11) is -3.46. The van der Waals surface area contributed by atoms with Gasteiger partial charge < -0.3 is 10.1 Å². The third-order valence-electron chi connectivity index (χ3n) is 7.22. The number of amides is 1. The zero-order valence-electron chi connectivity index (χ0n) is 21.9. The molecule has 4 aromatic rings. The average Bonchev–Trinajstić information content (AvgIpc) is 3.75. The number of aromatic nitrogens is 4. The van der Waals surface area contributed by atoms with Crippen LogP contribution in [0.15, 0.2) is 73.3 Å². The number of rotatable bonds is 9. The van der Waals surface area contributed by atoms with Gasteiger partial charge in [0.15, 0.2) is 0 Å². The number of hydrogen-bond donors (Lipinski definition) is 2. The van der Waals surface area contributed by atoms with Crippen molar-refractivity contribution in [2.45, 2.75) is 43.3 Å². The van der Waals surface area contributed by atoms with E-state index >= 15 is 0 Å². The first-order chi connectivity index (χ1) is 19.4. The van der Waals surface area contributed by atoms with E-state index in [0.717, 1.165) is 16.7 Å². The van der Waals surface area contributed by atoms with Crippen LogP contribution in [-0.4, -0.2) is 46.1 Å². The fraction of sp³-hybridized carbons (Fsp3) is 0.276. The van der Waals surface area contributed by atoms with E-state index in [0.29, 0.717) is 61.1 Å². The van der Waals surface area contributed by atoms with Crippen molar-refractivity contribution in [3.8, 4) is 17.1 Å². The monoisotopic (exact) mass is 556 g/mol. The van der Waals surface area contributed by atoms with Crippen molar-refractivity contribution >= 4 is 27.4 Å². The van der Waals surface area contributed by atoms with Crippen LogP contribution in [0.4, 0.5) is 11.5 Å². The Bertz CT molecular complexity index is 1650. The lowest BCUT2D eigenvalue weighted by molar-refractivity contribution is -0.121. The number of carbonyl (C=O) groups is 1. The summed E-state index contributed by atoms with van der Waals surface area (Å²) in [4.78, 5) is 31.7. The molecule has 3 heterocycles. The summed E-state index contributed by atoms with van der Waals surface area (Å²) in [5.74, 6) is 0.537. The smallest absolute Gasteiger partial charge is 0.238 e. The van der Waals surface area contributed by atoms with E-state index in [4.69, 9.17) is 4.74 Å². The molecule has 1 aromatic carbocycles. The van der Waals surface area contributed by atoms with Gasteiger partial charge in [0.25, 0.3) is 0 Å². The number of benzene rings is 1. The Labute approximate surface area is 232 Å². The van der Waals surface area contributed by atoms with E-state index in [1.165, 1.54) is 0 Å². The topological polar surface area (TPSA) is 136 Å². The standard InChI is InChI=1S/C29H28N6O4S/c1-2-39-27-18-30-17-24(33-27)21-7-10-26(32-16-21)34-28(36)29(14-19-5-3-4-6-20(19)15-29)25-13-22(11-12-31-25)35-40(37,38)23-8-9-23/h3-7,10-13,16-18,23H,2,8-9,14-15H2,1H3,(H,31,35)(H,32,34,36). The molecule has 2 aliphatic rings. The molecule has 0 saturated heterocycles. The molecule has 3 aromatic heterocycles. The zero-order valence-corrected chi connectivity index (χ0v) is 22.7. The predicted octanol–water partition coefficient (Wildman–Crippen LogP) is 3.91. The molecule has 6 rings (SSSR count). The number of carbonyl (C=O) groups excluding carboxylic acids is 1. The fourth-order valence-electron chi connectivity index (χ4n) is 5.01. The minimum atomic E-state index is -3.46. The Kier molecular flexibility index (Phi) is 6.67. The molecule has 11 heteroatoms. The van der Waals surface area contributed by atoms with Crippen molar-refractivity contribution in [3.05, 3.63) is 90.1 Å². The van der Waals surface area contributed by atoms with Crippen LogP contribution in [0.25, 0.3) is 11.3 Å². The number of hydrogen-bond acceptors (Lipinski definition) is 8. The number of ether oxygens (including phenoxy) is 1. The minimum absolute atomic E-state index is 0.267. The van der Waals surface area contributed by atoms with Gasteiger partial charge in [-0.1, -0.05) is 24.3 Å². The highest BCUT2D eigenvalue weighted by molar-refractivity contribution is 7.93. The third kappa shape index (κ3) is 5.12. The molecular formula is C29H28N6O4S. The van der Waals surface area contributed by atoms with Crippen molar-refractivity contribution < 1.29 is 17.9 Å². The summed E-state index contributed by atoms with van der Waals surface area (Å²) >= 11 is 0. The first-order valence-electron chi connectivity index (χ1n) is 13.1. The summed E-state index contributed by atoms with van der Waals surface area (Å²) in [5, 5.41) is 2.61. The van der Waals surface area contributed by atoms with Crippen LogP contribution in [0.2, 0.25) is 0 Å². The van der Waals surface area contributed by atoms with Gasteiger partial charge in [-0.2, -0.15) is 0 Å². The second-order valence-electron chi connectivity index (χ2n) is 10.0. The maximum Gasteiger partial charge on any atom is 0.238 e. The van der Waals surface area contributed by atoms with Crippen LogP contribution in [0, 0.1) is 0 Å².